The molecule has 1 heterocycles. The molecule has 162 valence electrons. The van der Waals surface area contributed by atoms with Gasteiger partial charge in [-0.25, -0.2) is 4.99 Å². The third kappa shape index (κ3) is 5.34. The van der Waals surface area contributed by atoms with E-state index in [1.165, 1.54) is 13.2 Å². The lowest BCUT2D eigenvalue weighted by Crippen LogP contribution is -2.36. The van der Waals surface area contributed by atoms with Crippen molar-refractivity contribution in [2.24, 2.45) is 4.99 Å². The zero-order valence-corrected chi connectivity index (χ0v) is 16.6. The zero-order valence-electron chi connectivity index (χ0n) is 16.6. The van der Waals surface area contributed by atoms with Crippen molar-refractivity contribution in [2.45, 2.75) is 26.6 Å². The van der Waals surface area contributed by atoms with Crippen LogP contribution in [-0.2, 0) is 13.1 Å². The first kappa shape index (κ1) is 21.3. The lowest BCUT2D eigenvalue weighted by molar-refractivity contribution is -0.0505. The highest BCUT2D eigenvalue weighted by Crippen LogP contribution is 2.38. The van der Waals surface area contributed by atoms with E-state index in [0.717, 1.165) is 5.56 Å². The summed E-state index contributed by atoms with van der Waals surface area (Å²) < 4.78 is 45.8. The number of ether oxygens (including phenoxy) is 4. The second-order valence-corrected chi connectivity index (χ2v) is 6.25. The van der Waals surface area contributed by atoms with Crippen molar-refractivity contribution in [3.63, 3.8) is 0 Å². The van der Waals surface area contributed by atoms with Crippen LogP contribution in [0.5, 0.6) is 28.7 Å². The number of hydrogen-bond donors (Lipinski definition) is 3. The molecule has 0 aliphatic carbocycles. The minimum atomic E-state index is -2.96. The average Bonchev–Trinajstić information content (AvgIpc) is 3.16. The molecule has 2 aromatic rings. The number of benzene rings is 2. The summed E-state index contributed by atoms with van der Waals surface area (Å²) in [6.45, 7) is 0.0175. The lowest BCUT2D eigenvalue weighted by atomic mass is 10.1. The van der Waals surface area contributed by atoms with Crippen LogP contribution in [0, 0.1) is 0 Å². The Kier molecular flexibility index (Phi) is 6.99. The van der Waals surface area contributed by atoms with Crippen molar-refractivity contribution in [2.75, 3.05) is 20.4 Å². The van der Waals surface area contributed by atoms with E-state index in [-0.39, 0.29) is 31.4 Å². The number of fused-ring (bicyclic) bond motifs is 1. The van der Waals surface area contributed by atoms with Gasteiger partial charge < -0.3 is 34.7 Å². The predicted octanol–water partition coefficient (Wildman–Crippen LogP) is 2.99. The molecule has 0 atom stereocenters. The van der Waals surface area contributed by atoms with Crippen molar-refractivity contribution in [3.8, 4) is 28.7 Å². The van der Waals surface area contributed by atoms with Gasteiger partial charge >= 0.3 is 6.61 Å². The van der Waals surface area contributed by atoms with Gasteiger partial charge in [-0.2, -0.15) is 8.78 Å². The largest absolute Gasteiger partial charge is 0.504 e. The molecule has 0 aromatic heterocycles. The Morgan fingerprint density at radius 2 is 1.93 bits per heavy atom. The molecular weight excluding hydrogens is 400 g/mol. The van der Waals surface area contributed by atoms with Crippen LogP contribution in [0.2, 0.25) is 0 Å². The van der Waals surface area contributed by atoms with Crippen molar-refractivity contribution in [1.82, 2.24) is 10.6 Å². The molecule has 0 saturated heterocycles. The fourth-order valence-electron chi connectivity index (χ4n) is 2.83. The highest BCUT2D eigenvalue weighted by Gasteiger charge is 2.20. The number of phenolic OH excluding ortho intramolecular Hbond substituents is 1. The summed E-state index contributed by atoms with van der Waals surface area (Å²) >= 11 is 0. The number of methoxy groups -OCH3 is 1. The van der Waals surface area contributed by atoms with Gasteiger partial charge in [-0.15, -0.1) is 0 Å². The van der Waals surface area contributed by atoms with Gasteiger partial charge in [0.2, 0.25) is 6.79 Å². The first-order valence-electron chi connectivity index (χ1n) is 9.25. The predicted molar refractivity (Wildman–Crippen MR) is 106 cm³/mol. The molecule has 0 radical (unpaired) electrons. The van der Waals surface area contributed by atoms with Gasteiger partial charge in [0.1, 0.15) is 5.75 Å². The molecule has 0 unspecified atom stereocenters. The molecule has 0 amide bonds. The SMILES string of the molecule is CCNC(=NCc1ccc(OC)c(O)c1)NCc1cc2c(cc1OC(F)F)OCO2. The third-order valence-corrected chi connectivity index (χ3v) is 4.23. The monoisotopic (exact) mass is 423 g/mol. The Balaban J connectivity index is 1.72. The minimum absolute atomic E-state index is 0.00215. The van der Waals surface area contributed by atoms with E-state index >= 15 is 0 Å². The topological polar surface area (TPSA) is 93.6 Å². The second-order valence-electron chi connectivity index (χ2n) is 6.25. The van der Waals surface area contributed by atoms with Crippen LogP contribution >= 0.6 is 0 Å². The summed E-state index contributed by atoms with van der Waals surface area (Å²) in [7, 11) is 1.47. The van der Waals surface area contributed by atoms with E-state index in [0.29, 0.717) is 35.3 Å². The van der Waals surface area contributed by atoms with Gasteiger partial charge in [0.05, 0.1) is 13.7 Å². The van der Waals surface area contributed by atoms with E-state index in [1.54, 1.807) is 24.3 Å². The fourth-order valence-corrected chi connectivity index (χ4v) is 2.83. The average molecular weight is 423 g/mol. The zero-order chi connectivity index (χ0) is 21.5. The number of rotatable bonds is 8. The highest BCUT2D eigenvalue weighted by molar-refractivity contribution is 5.79. The molecule has 3 rings (SSSR count). The molecule has 1 aliphatic heterocycles. The van der Waals surface area contributed by atoms with E-state index in [1.807, 2.05) is 6.92 Å². The van der Waals surface area contributed by atoms with Gasteiger partial charge in [-0.3, -0.25) is 0 Å². The van der Waals surface area contributed by atoms with Gasteiger partial charge in [0.15, 0.2) is 29.0 Å². The van der Waals surface area contributed by atoms with Crippen molar-refractivity contribution < 1.29 is 32.8 Å². The molecule has 0 fully saturated rings. The van der Waals surface area contributed by atoms with Crippen molar-refractivity contribution in [3.05, 3.63) is 41.5 Å². The Labute approximate surface area is 172 Å². The van der Waals surface area contributed by atoms with Crippen LogP contribution in [0.4, 0.5) is 8.78 Å². The molecule has 3 N–H and O–H groups in total. The minimum Gasteiger partial charge on any atom is -0.504 e. The van der Waals surface area contributed by atoms with E-state index in [4.69, 9.17) is 14.2 Å². The summed E-state index contributed by atoms with van der Waals surface area (Å²) in [5.41, 5.74) is 1.24. The van der Waals surface area contributed by atoms with Crippen LogP contribution in [0.3, 0.4) is 0 Å². The fraction of sp³-hybridized carbons (Fsp3) is 0.350. The van der Waals surface area contributed by atoms with E-state index in [2.05, 4.69) is 20.4 Å². The molecular formula is C20H23F2N3O5. The van der Waals surface area contributed by atoms with E-state index in [9.17, 15) is 13.9 Å². The number of nitrogens with zero attached hydrogens (tertiary/aromatic N) is 1. The molecule has 0 spiro atoms. The maximum Gasteiger partial charge on any atom is 0.387 e. The van der Waals surface area contributed by atoms with Gasteiger partial charge in [-0.05, 0) is 30.7 Å². The Hall–Kier alpha value is -3.43. The smallest absolute Gasteiger partial charge is 0.387 e. The number of aliphatic imine (C=N–C) groups is 1. The number of halogens is 2. The third-order valence-electron chi connectivity index (χ3n) is 4.23. The van der Waals surface area contributed by atoms with E-state index < -0.39 is 6.61 Å². The maximum atomic E-state index is 12.8. The van der Waals surface area contributed by atoms with Gasteiger partial charge in [0.25, 0.3) is 0 Å². The molecule has 2 aromatic carbocycles. The first-order valence-corrected chi connectivity index (χ1v) is 9.25. The van der Waals surface area contributed by atoms with Gasteiger partial charge in [-0.1, -0.05) is 6.07 Å². The first-order chi connectivity index (χ1) is 14.5. The van der Waals surface area contributed by atoms with Crippen molar-refractivity contribution in [1.29, 1.82) is 0 Å². The number of hydrogen-bond acceptors (Lipinski definition) is 6. The molecule has 1 aliphatic rings. The molecule has 30 heavy (non-hydrogen) atoms. The number of alkyl halides is 2. The Morgan fingerprint density at radius 1 is 1.17 bits per heavy atom. The maximum absolute atomic E-state index is 12.8. The molecule has 0 saturated carbocycles. The van der Waals surface area contributed by atoms with Crippen LogP contribution in [0.15, 0.2) is 35.3 Å². The molecule has 10 heteroatoms. The lowest BCUT2D eigenvalue weighted by Gasteiger charge is -2.15. The quantitative estimate of drug-likeness (QED) is 0.444. The molecule has 0 bridgehead atoms. The normalized spacial score (nSPS) is 12.8. The summed E-state index contributed by atoms with van der Waals surface area (Å²) in [6.07, 6.45) is 0. The van der Waals surface area contributed by atoms with Crippen LogP contribution in [0.1, 0.15) is 18.1 Å². The van der Waals surface area contributed by atoms with Gasteiger partial charge in [0, 0.05) is 24.7 Å². The summed E-state index contributed by atoms with van der Waals surface area (Å²) in [5.74, 6) is 1.68. The number of nitrogens with one attached hydrogen (secondary N) is 2. The van der Waals surface area contributed by atoms with Crippen LogP contribution < -0.4 is 29.6 Å². The Bertz CT molecular complexity index is 908. The number of phenols is 1. The van der Waals surface area contributed by atoms with Crippen LogP contribution in [-0.4, -0.2) is 38.1 Å². The molecule has 8 nitrogen and oxygen atoms in total. The number of aromatic hydroxyl groups is 1. The standard InChI is InChI=1S/C20H23F2N3O5/c1-3-23-20(24-9-12-4-5-15(27-2)14(26)6-12)25-10-13-7-17-18(29-11-28-17)8-16(13)30-19(21)22/h4-8,19,26H,3,9-11H2,1-2H3,(H2,23,24,25). The second kappa shape index (κ2) is 9.86. The summed E-state index contributed by atoms with van der Waals surface area (Å²) in [6, 6.07) is 7.99. The highest BCUT2D eigenvalue weighted by atomic mass is 19.3. The summed E-state index contributed by atoms with van der Waals surface area (Å²) in [5, 5.41) is 16.0. The Morgan fingerprint density at radius 3 is 2.60 bits per heavy atom. The van der Waals surface area contributed by atoms with Crippen LogP contribution in [0.25, 0.3) is 0 Å². The number of guanidine groups is 1. The van der Waals surface area contributed by atoms with Crippen molar-refractivity contribution >= 4 is 5.96 Å². The summed E-state index contributed by atoms with van der Waals surface area (Å²) in [4.78, 5) is 4.46.